The highest BCUT2D eigenvalue weighted by Gasteiger charge is 2.20. The number of rotatable bonds is 5. The summed E-state index contributed by atoms with van der Waals surface area (Å²) in [5.41, 5.74) is 2.02. The van der Waals surface area contributed by atoms with Crippen LogP contribution in [0.2, 0.25) is 5.02 Å². The summed E-state index contributed by atoms with van der Waals surface area (Å²) in [4.78, 5) is 6.70. The van der Waals surface area contributed by atoms with Crippen molar-refractivity contribution in [2.45, 2.75) is 32.0 Å². The van der Waals surface area contributed by atoms with Gasteiger partial charge >= 0.3 is 0 Å². The molecule has 1 saturated heterocycles. The Morgan fingerprint density at radius 2 is 1.83 bits per heavy atom. The normalized spacial score (nSPS) is 15.6. The van der Waals surface area contributed by atoms with Crippen molar-refractivity contribution in [3.05, 3.63) is 64.4 Å². The molecule has 3 rings (SSSR count). The first-order valence-corrected chi connectivity index (χ1v) is 9.82. The molecule has 1 aliphatic rings. The predicted molar refractivity (Wildman–Crippen MR) is 127 cm³/mol. The highest BCUT2D eigenvalue weighted by molar-refractivity contribution is 14.0. The maximum atomic E-state index is 13.4. The molecule has 29 heavy (non-hydrogen) atoms. The van der Waals surface area contributed by atoms with Crippen molar-refractivity contribution < 1.29 is 9.50 Å². The molecule has 8 heteroatoms. The number of aromatic hydroxyl groups is 1. The number of aliphatic imine (C=N–C) groups is 1. The Hall–Kier alpha value is -1.58. The smallest absolute Gasteiger partial charge is 0.191 e. The standard InChI is InChI=1S/C21H26ClFN4O.HI/c1-24-21(25-13-16-4-7-20(28)19(23)12-16)26-18-8-10-27(11-9-18)14-15-2-5-17(22)6-3-15;/h2-7,12,18,28H,8-11,13-14H2,1H3,(H2,24,25,26);1H. The van der Waals surface area contributed by atoms with E-state index in [-0.39, 0.29) is 29.7 Å². The first kappa shape index (κ1) is 23.7. The topological polar surface area (TPSA) is 59.9 Å². The summed E-state index contributed by atoms with van der Waals surface area (Å²) in [6, 6.07) is 12.7. The van der Waals surface area contributed by atoms with Crippen molar-refractivity contribution in [2.24, 2.45) is 4.99 Å². The average Bonchev–Trinajstić information content (AvgIpc) is 2.70. The fraction of sp³-hybridized carbons (Fsp3) is 0.381. The second-order valence-corrected chi connectivity index (χ2v) is 7.47. The van der Waals surface area contributed by atoms with Crippen LogP contribution < -0.4 is 10.6 Å². The minimum atomic E-state index is -0.615. The molecule has 0 amide bonds. The monoisotopic (exact) mass is 532 g/mol. The molecule has 0 bridgehead atoms. The molecule has 0 aromatic heterocycles. The number of piperidine rings is 1. The molecule has 1 fully saturated rings. The Kier molecular flexibility index (Phi) is 9.45. The van der Waals surface area contributed by atoms with Crippen LogP contribution in [-0.2, 0) is 13.1 Å². The highest BCUT2D eigenvalue weighted by atomic mass is 127. The molecule has 1 heterocycles. The molecule has 5 nitrogen and oxygen atoms in total. The summed E-state index contributed by atoms with van der Waals surface area (Å²) in [6.45, 7) is 3.40. The van der Waals surface area contributed by atoms with Gasteiger partial charge in [-0.3, -0.25) is 9.89 Å². The van der Waals surface area contributed by atoms with Gasteiger partial charge in [-0.15, -0.1) is 24.0 Å². The van der Waals surface area contributed by atoms with Crippen LogP contribution in [-0.4, -0.2) is 42.1 Å². The maximum absolute atomic E-state index is 13.4. The van der Waals surface area contributed by atoms with E-state index in [0.29, 0.717) is 18.5 Å². The van der Waals surface area contributed by atoms with E-state index in [4.69, 9.17) is 11.6 Å². The number of hydrogen-bond acceptors (Lipinski definition) is 3. The van der Waals surface area contributed by atoms with Crippen LogP contribution in [0.15, 0.2) is 47.5 Å². The highest BCUT2D eigenvalue weighted by Crippen LogP contribution is 2.17. The van der Waals surface area contributed by atoms with E-state index in [1.165, 1.54) is 17.7 Å². The molecule has 158 valence electrons. The molecular formula is C21H27ClFIN4O. The Morgan fingerprint density at radius 1 is 1.17 bits per heavy atom. The lowest BCUT2D eigenvalue weighted by Crippen LogP contribution is -2.48. The van der Waals surface area contributed by atoms with Gasteiger partial charge in [-0.25, -0.2) is 4.39 Å². The quantitative estimate of drug-likeness (QED) is 0.308. The summed E-state index contributed by atoms with van der Waals surface area (Å²) < 4.78 is 13.4. The second kappa shape index (κ2) is 11.6. The van der Waals surface area contributed by atoms with Gasteiger partial charge in [-0.1, -0.05) is 29.8 Å². The van der Waals surface area contributed by atoms with Gasteiger partial charge in [0.15, 0.2) is 17.5 Å². The lowest BCUT2D eigenvalue weighted by atomic mass is 10.0. The number of nitrogens with zero attached hydrogens (tertiary/aromatic N) is 2. The van der Waals surface area contributed by atoms with Crippen molar-refractivity contribution in [2.75, 3.05) is 20.1 Å². The summed E-state index contributed by atoms with van der Waals surface area (Å²) >= 11 is 5.95. The van der Waals surface area contributed by atoms with Crippen LogP contribution in [0.3, 0.4) is 0 Å². The lowest BCUT2D eigenvalue weighted by Gasteiger charge is -2.33. The second-order valence-electron chi connectivity index (χ2n) is 7.03. The van der Waals surface area contributed by atoms with Crippen LogP contribution in [0, 0.1) is 5.82 Å². The minimum absolute atomic E-state index is 0. The molecule has 0 spiro atoms. The van der Waals surface area contributed by atoms with Gasteiger partial charge in [0.05, 0.1) is 0 Å². The molecule has 2 aromatic rings. The maximum Gasteiger partial charge on any atom is 0.191 e. The van der Waals surface area contributed by atoms with E-state index in [2.05, 4.69) is 32.7 Å². The molecule has 1 aliphatic heterocycles. The third-order valence-corrected chi connectivity index (χ3v) is 5.20. The van der Waals surface area contributed by atoms with Crippen molar-refractivity contribution in [3.63, 3.8) is 0 Å². The number of likely N-dealkylation sites (tertiary alicyclic amines) is 1. The van der Waals surface area contributed by atoms with E-state index in [1.807, 2.05) is 12.1 Å². The number of hydrogen-bond donors (Lipinski definition) is 3. The van der Waals surface area contributed by atoms with Crippen molar-refractivity contribution in [1.29, 1.82) is 0 Å². The summed E-state index contributed by atoms with van der Waals surface area (Å²) in [7, 11) is 1.72. The van der Waals surface area contributed by atoms with E-state index in [1.54, 1.807) is 13.1 Å². The van der Waals surface area contributed by atoms with E-state index >= 15 is 0 Å². The van der Waals surface area contributed by atoms with Crippen molar-refractivity contribution >= 4 is 41.5 Å². The molecule has 0 atom stereocenters. The van der Waals surface area contributed by atoms with Gasteiger partial charge in [0, 0.05) is 44.3 Å². The largest absolute Gasteiger partial charge is 0.505 e. The zero-order valence-electron chi connectivity index (χ0n) is 16.4. The van der Waals surface area contributed by atoms with E-state index in [0.717, 1.165) is 43.1 Å². The van der Waals surface area contributed by atoms with Gasteiger partial charge < -0.3 is 15.7 Å². The number of guanidine groups is 1. The molecule has 0 saturated carbocycles. The van der Waals surface area contributed by atoms with Crippen LogP contribution in [0.5, 0.6) is 5.75 Å². The summed E-state index contributed by atoms with van der Waals surface area (Å²) in [6.07, 6.45) is 2.06. The van der Waals surface area contributed by atoms with E-state index < -0.39 is 5.82 Å². The van der Waals surface area contributed by atoms with Crippen LogP contribution in [0.25, 0.3) is 0 Å². The van der Waals surface area contributed by atoms with Gasteiger partial charge in [-0.2, -0.15) is 0 Å². The Balaban J connectivity index is 0.00000300. The fourth-order valence-corrected chi connectivity index (χ4v) is 3.44. The van der Waals surface area contributed by atoms with Crippen molar-refractivity contribution in [1.82, 2.24) is 15.5 Å². The van der Waals surface area contributed by atoms with E-state index in [9.17, 15) is 9.50 Å². The van der Waals surface area contributed by atoms with Gasteiger partial charge in [-0.05, 0) is 48.2 Å². The Labute approximate surface area is 193 Å². The lowest BCUT2D eigenvalue weighted by molar-refractivity contribution is 0.198. The average molecular weight is 533 g/mol. The zero-order chi connectivity index (χ0) is 19.9. The third-order valence-electron chi connectivity index (χ3n) is 4.94. The molecule has 0 radical (unpaired) electrons. The Bertz CT molecular complexity index is 811. The first-order chi connectivity index (χ1) is 13.5. The van der Waals surface area contributed by atoms with Crippen LogP contribution >= 0.6 is 35.6 Å². The van der Waals surface area contributed by atoms with Crippen LogP contribution in [0.1, 0.15) is 24.0 Å². The molecule has 0 aliphatic carbocycles. The number of phenols is 1. The SMILES string of the molecule is CN=C(NCc1ccc(O)c(F)c1)NC1CCN(Cc2ccc(Cl)cc2)CC1.I. The van der Waals surface area contributed by atoms with Gasteiger partial charge in [0.2, 0.25) is 0 Å². The molecular weight excluding hydrogens is 506 g/mol. The summed E-state index contributed by atoms with van der Waals surface area (Å²) in [5, 5.41) is 16.7. The predicted octanol–water partition coefficient (Wildman–Crippen LogP) is 4.13. The van der Waals surface area contributed by atoms with Crippen LogP contribution in [0.4, 0.5) is 4.39 Å². The summed E-state index contributed by atoms with van der Waals surface area (Å²) in [5.74, 6) is -0.253. The minimum Gasteiger partial charge on any atom is -0.505 e. The number of benzene rings is 2. The van der Waals surface area contributed by atoms with Crippen molar-refractivity contribution in [3.8, 4) is 5.75 Å². The fourth-order valence-electron chi connectivity index (χ4n) is 3.32. The first-order valence-electron chi connectivity index (χ1n) is 9.45. The van der Waals surface area contributed by atoms with Gasteiger partial charge in [0.25, 0.3) is 0 Å². The number of halogens is 3. The molecule has 0 unspecified atom stereocenters. The molecule has 2 aromatic carbocycles. The number of phenolic OH excluding ortho intramolecular Hbond substituents is 1. The van der Waals surface area contributed by atoms with Gasteiger partial charge in [0.1, 0.15) is 0 Å². The Morgan fingerprint density at radius 3 is 2.45 bits per heavy atom. The third kappa shape index (κ3) is 7.31. The zero-order valence-corrected chi connectivity index (χ0v) is 19.5. The molecule has 3 N–H and O–H groups in total. The number of nitrogens with one attached hydrogen (secondary N) is 2.